The zero-order valence-corrected chi connectivity index (χ0v) is 12.9. The monoisotopic (exact) mass is 303 g/mol. The predicted molar refractivity (Wildman–Crippen MR) is 87.6 cm³/mol. The van der Waals surface area contributed by atoms with Crippen molar-refractivity contribution in [2.24, 2.45) is 0 Å². The van der Waals surface area contributed by atoms with Gasteiger partial charge in [0, 0.05) is 11.6 Å². The summed E-state index contributed by atoms with van der Waals surface area (Å²) in [7, 11) is 0. The van der Waals surface area contributed by atoms with E-state index in [1.165, 1.54) is 43.4 Å². The molecule has 1 heterocycles. The summed E-state index contributed by atoms with van der Waals surface area (Å²) in [5, 5.41) is 3.73. The van der Waals surface area contributed by atoms with Crippen molar-refractivity contribution < 1.29 is 4.79 Å². The minimum atomic E-state index is 0.0226. The number of nitrogen functional groups attached to an aromatic ring is 1. The number of carbonyl (C=O) groups excluding carboxylic acids is 1. The first-order valence-corrected chi connectivity index (χ1v) is 8.51. The molecule has 0 spiro atoms. The van der Waals surface area contributed by atoms with Crippen molar-refractivity contribution in [3.05, 3.63) is 23.8 Å². The van der Waals surface area contributed by atoms with Crippen LogP contribution < -0.4 is 11.1 Å². The Morgan fingerprint density at radius 2 is 1.90 bits per heavy atom. The van der Waals surface area contributed by atoms with Crippen LogP contribution in [0.4, 0.5) is 5.13 Å². The van der Waals surface area contributed by atoms with Gasteiger partial charge >= 0.3 is 0 Å². The molecule has 0 bridgehead atoms. The van der Waals surface area contributed by atoms with Crippen LogP contribution in [0.25, 0.3) is 10.2 Å². The summed E-state index contributed by atoms with van der Waals surface area (Å²) in [4.78, 5) is 16.6. The first-order chi connectivity index (χ1) is 10.2. The average molecular weight is 303 g/mol. The number of aromatic nitrogens is 1. The number of carbonyl (C=O) groups is 1. The Bertz CT molecular complexity index is 629. The fraction of sp³-hybridized carbons (Fsp3) is 0.500. The van der Waals surface area contributed by atoms with Crippen molar-refractivity contribution in [1.29, 1.82) is 0 Å². The Morgan fingerprint density at radius 1 is 1.19 bits per heavy atom. The van der Waals surface area contributed by atoms with Crippen molar-refractivity contribution in [3.63, 3.8) is 0 Å². The Labute approximate surface area is 128 Å². The number of thiazole rings is 1. The summed E-state index contributed by atoms with van der Waals surface area (Å²) in [5.74, 6) is 0.0226. The molecule has 1 aliphatic carbocycles. The normalized spacial score (nSPS) is 17.3. The fourth-order valence-corrected chi connectivity index (χ4v) is 3.73. The summed E-state index contributed by atoms with van der Waals surface area (Å²) < 4.78 is 0.970. The molecule has 2 aromatic rings. The van der Waals surface area contributed by atoms with Gasteiger partial charge in [-0.05, 0) is 31.0 Å². The maximum atomic E-state index is 12.4. The van der Waals surface area contributed by atoms with Crippen LogP contribution >= 0.6 is 11.3 Å². The van der Waals surface area contributed by atoms with Gasteiger partial charge in [-0.15, -0.1) is 0 Å². The van der Waals surface area contributed by atoms with Gasteiger partial charge in [0.15, 0.2) is 5.13 Å². The Balaban J connectivity index is 1.70. The van der Waals surface area contributed by atoms with Crippen molar-refractivity contribution in [2.75, 3.05) is 5.73 Å². The van der Waals surface area contributed by atoms with E-state index in [1.54, 1.807) is 0 Å². The van der Waals surface area contributed by atoms with Crippen LogP contribution in [0.15, 0.2) is 18.2 Å². The van der Waals surface area contributed by atoms with Crippen LogP contribution in [0.2, 0.25) is 0 Å². The molecule has 0 radical (unpaired) electrons. The van der Waals surface area contributed by atoms with Crippen LogP contribution in [-0.4, -0.2) is 16.9 Å². The maximum absolute atomic E-state index is 12.4. The predicted octanol–water partition coefficient (Wildman–Crippen LogP) is 3.72. The van der Waals surface area contributed by atoms with Gasteiger partial charge in [-0.25, -0.2) is 4.98 Å². The van der Waals surface area contributed by atoms with Gasteiger partial charge in [0.2, 0.25) is 0 Å². The summed E-state index contributed by atoms with van der Waals surface area (Å²) in [6.45, 7) is 0. The molecule has 0 atom stereocenters. The van der Waals surface area contributed by atoms with E-state index in [0.29, 0.717) is 16.7 Å². The molecule has 21 heavy (non-hydrogen) atoms. The second-order valence-corrected chi connectivity index (χ2v) is 6.81. The first-order valence-electron chi connectivity index (χ1n) is 7.69. The van der Waals surface area contributed by atoms with E-state index >= 15 is 0 Å². The van der Waals surface area contributed by atoms with E-state index in [4.69, 9.17) is 5.73 Å². The fourth-order valence-electron chi connectivity index (χ4n) is 2.95. The lowest BCUT2D eigenvalue weighted by Crippen LogP contribution is -2.35. The molecular weight excluding hydrogens is 282 g/mol. The SMILES string of the molecule is Nc1nc2ccc(C(=O)NC3CCCCCCC3)cc2s1. The van der Waals surface area contributed by atoms with E-state index < -0.39 is 0 Å². The lowest BCUT2D eigenvalue weighted by molar-refractivity contribution is 0.0930. The lowest BCUT2D eigenvalue weighted by atomic mass is 9.96. The van der Waals surface area contributed by atoms with Crippen LogP contribution in [0, 0.1) is 0 Å². The zero-order chi connectivity index (χ0) is 14.7. The molecule has 0 aliphatic heterocycles. The van der Waals surface area contributed by atoms with E-state index in [2.05, 4.69) is 10.3 Å². The van der Waals surface area contributed by atoms with Crippen LogP contribution in [-0.2, 0) is 0 Å². The molecule has 112 valence electrons. The highest BCUT2D eigenvalue weighted by atomic mass is 32.1. The molecule has 4 nitrogen and oxygen atoms in total. The third-order valence-electron chi connectivity index (χ3n) is 4.11. The minimum Gasteiger partial charge on any atom is -0.375 e. The van der Waals surface area contributed by atoms with Gasteiger partial charge in [-0.2, -0.15) is 0 Å². The molecule has 1 aromatic heterocycles. The molecule has 1 amide bonds. The number of hydrogen-bond donors (Lipinski definition) is 2. The van der Waals surface area contributed by atoms with Crippen molar-refractivity contribution in [1.82, 2.24) is 10.3 Å². The van der Waals surface area contributed by atoms with E-state index in [9.17, 15) is 4.79 Å². The molecular formula is C16H21N3OS. The highest BCUT2D eigenvalue weighted by Gasteiger charge is 2.15. The van der Waals surface area contributed by atoms with E-state index in [-0.39, 0.29) is 5.91 Å². The van der Waals surface area contributed by atoms with Gasteiger partial charge in [-0.3, -0.25) is 4.79 Å². The van der Waals surface area contributed by atoms with Crippen LogP contribution in [0.3, 0.4) is 0 Å². The number of hydrogen-bond acceptors (Lipinski definition) is 4. The Kier molecular flexibility index (Phi) is 4.39. The first kappa shape index (κ1) is 14.3. The number of amides is 1. The number of benzene rings is 1. The smallest absolute Gasteiger partial charge is 0.251 e. The number of nitrogens with one attached hydrogen (secondary N) is 1. The molecule has 0 saturated heterocycles. The van der Waals surface area contributed by atoms with Gasteiger partial charge in [0.1, 0.15) is 0 Å². The topological polar surface area (TPSA) is 68.0 Å². The van der Waals surface area contributed by atoms with Crippen LogP contribution in [0.1, 0.15) is 55.3 Å². The Morgan fingerprint density at radius 3 is 2.67 bits per heavy atom. The number of anilines is 1. The summed E-state index contributed by atoms with van der Waals surface area (Å²) in [6.07, 6.45) is 8.55. The second kappa shape index (κ2) is 6.43. The maximum Gasteiger partial charge on any atom is 0.251 e. The van der Waals surface area contributed by atoms with Gasteiger partial charge in [0.25, 0.3) is 5.91 Å². The molecule has 1 aliphatic rings. The molecule has 0 unspecified atom stereocenters. The summed E-state index contributed by atoms with van der Waals surface area (Å²) in [5.41, 5.74) is 7.27. The highest BCUT2D eigenvalue weighted by molar-refractivity contribution is 7.22. The lowest BCUT2D eigenvalue weighted by Gasteiger charge is -2.21. The summed E-state index contributed by atoms with van der Waals surface area (Å²) in [6, 6.07) is 5.91. The van der Waals surface area contributed by atoms with Gasteiger partial charge < -0.3 is 11.1 Å². The van der Waals surface area contributed by atoms with Crippen molar-refractivity contribution >= 4 is 32.6 Å². The van der Waals surface area contributed by atoms with Crippen LogP contribution in [0.5, 0.6) is 0 Å². The number of fused-ring (bicyclic) bond motifs is 1. The van der Waals surface area contributed by atoms with E-state index in [1.807, 2.05) is 18.2 Å². The molecule has 3 rings (SSSR count). The van der Waals surface area contributed by atoms with Gasteiger partial charge in [-0.1, -0.05) is 43.4 Å². The second-order valence-electron chi connectivity index (χ2n) is 5.75. The summed E-state index contributed by atoms with van der Waals surface area (Å²) >= 11 is 1.42. The number of nitrogens with two attached hydrogens (primary N) is 1. The quantitative estimate of drug-likeness (QED) is 0.888. The van der Waals surface area contributed by atoms with Crippen molar-refractivity contribution in [3.8, 4) is 0 Å². The molecule has 3 N–H and O–H groups in total. The Hall–Kier alpha value is -1.62. The molecule has 1 aromatic carbocycles. The molecule has 1 saturated carbocycles. The molecule has 1 fully saturated rings. The third kappa shape index (κ3) is 3.53. The minimum absolute atomic E-state index is 0.0226. The van der Waals surface area contributed by atoms with Crippen molar-refractivity contribution in [2.45, 2.75) is 51.0 Å². The number of nitrogens with zero attached hydrogens (tertiary/aromatic N) is 1. The highest BCUT2D eigenvalue weighted by Crippen LogP contribution is 2.25. The van der Waals surface area contributed by atoms with E-state index in [0.717, 1.165) is 23.1 Å². The zero-order valence-electron chi connectivity index (χ0n) is 12.1. The molecule has 5 heteroatoms. The third-order valence-corrected chi connectivity index (χ3v) is 4.95. The van der Waals surface area contributed by atoms with Gasteiger partial charge in [0.05, 0.1) is 10.2 Å². The standard InChI is InChI=1S/C16H21N3OS/c17-16-19-13-9-8-11(10-14(13)21-16)15(20)18-12-6-4-2-1-3-5-7-12/h8-10,12H,1-7H2,(H2,17,19)(H,18,20). The average Bonchev–Trinajstić information content (AvgIpc) is 2.80. The largest absolute Gasteiger partial charge is 0.375 e. The number of rotatable bonds is 2.